The summed E-state index contributed by atoms with van der Waals surface area (Å²) in [6.45, 7) is 1.93. The number of alkyl halides is 3. The van der Waals surface area contributed by atoms with Gasteiger partial charge in [-0.1, -0.05) is 25.1 Å². The van der Waals surface area contributed by atoms with Gasteiger partial charge in [-0.2, -0.15) is 13.2 Å². The van der Waals surface area contributed by atoms with E-state index in [2.05, 4.69) is 10.3 Å². The summed E-state index contributed by atoms with van der Waals surface area (Å²) in [5.74, 6) is -0.557. The van der Waals surface area contributed by atoms with Gasteiger partial charge in [0.15, 0.2) is 5.13 Å². The molecule has 0 fully saturated rings. The van der Waals surface area contributed by atoms with E-state index in [-0.39, 0.29) is 30.8 Å². The number of hydrogen-bond donors (Lipinski definition) is 2. The number of nitrogens with one attached hydrogen (secondary N) is 1. The Morgan fingerprint density at radius 3 is 2.75 bits per heavy atom. The fourth-order valence-corrected chi connectivity index (χ4v) is 2.69. The summed E-state index contributed by atoms with van der Waals surface area (Å²) in [6.07, 6.45) is -2.49. The first kappa shape index (κ1) is 20.4. The first-order chi connectivity index (χ1) is 10.8. The van der Waals surface area contributed by atoms with Crippen molar-refractivity contribution in [2.24, 2.45) is 11.7 Å². The van der Waals surface area contributed by atoms with Gasteiger partial charge in [0.1, 0.15) is 0 Å². The highest BCUT2D eigenvalue weighted by molar-refractivity contribution is 7.15. The van der Waals surface area contributed by atoms with Crippen molar-refractivity contribution in [2.75, 3.05) is 11.9 Å². The van der Waals surface area contributed by atoms with Crippen LogP contribution in [0.2, 0.25) is 0 Å². The zero-order valence-corrected chi connectivity index (χ0v) is 14.4. The molecular formula is C15H17ClF3N3OS. The van der Waals surface area contributed by atoms with Crippen molar-refractivity contribution >= 4 is 34.8 Å². The Hall–Kier alpha value is -1.64. The van der Waals surface area contributed by atoms with Gasteiger partial charge in [-0.3, -0.25) is 4.79 Å². The molecule has 2 rings (SSSR count). The minimum Gasteiger partial charge on any atom is -0.330 e. The van der Waals surface area contributed by atoms with Crippen molar-refractivity contribution in [3.05, 3.63) is 46.5 Å². The van der Waals surface area contributed by atoms with Crippen LogP contribution in [-0.4, -0.2) is 17.4 Å². The van der Waals surface area contributed by atoms with E-state index < -0.39 is 11.7 Å². The number of halogens is 4. The van der Waals surface area contributed by atoms with Crippen molar-refractivity contribution in [2.45, 2.75) is 19.5 Å². The lowest BCUT2D eigenvalue weighted by atomic mass is 10.1. The number of thiazole rings is 1. The molecule has 0 radical (unpaired) electrons. The van der Waals surface area contributed by atoms with Crippen molar-refractivity contribution in [3.8, 4) is 0 Å². The van der Waals surface area contributed by atoms with Gasteiger partial charge < -0.3 is 11.1 Å². The fourth-order valence-electron chi connectivity index (χ4n) is 1.84. The summed E-state index contributed by atoms with van der Waals surface area (Å²) >= 11 is 1.23. The van der Waals surface area contributed by atoms with Crippen LogP contribution in [0.5, 0.6) is 0 Å². The summed E-state index contributed by atoms with van der Waals surface area (Å²) in [7, 11) is 0. The Morgan fingerprint density at radius 2 is 2.12 bits per heavy atom. The molecule has 3 N–H and O–H groups in total. The minimum absolute atomic E-state index is 0. The van der Waals surface area contributed by atoms with Crippen LogP contribution in [0.3, 0.4) is 0 Å². The van der Waals surface area contributed by atoms with Crippen LogP contribution in [0.1, 0.15) is 22.9 Å². The second-order valence-corrected chi connectivity index (χ2v) is 6.25. The molecule has 0 saturated carbocycles. The normalized spacial score (nSPS) is 12.4. The SMILES string of the molecule is CC(CN)C(=O)Nc1ncc(Cc2cccc(C(F)(F)F)c2)s1.Cl. The van der Waals surface area contributed by atoms with E-state index in [9.17, 15) is 18.0 Å². The lowest BCUT2D eigenvalue weighted by Crippen LogP contribution is -2.26. The first-order valence-electron chi connectivity index (χ1n) is 6.91. The molecule has 0 aliphatic carbocycles. The van der Waals surface area contributed by atoms with E-state index in [1.165, 1.54) is 17.4 Å². The molecule has 0 saturated heterocycles. The molecular weight excluding hydrogens is 363 g/mol. The molecule has 4 nitrogen and oxygen atoms in total. The second-order valence-electron chi connectivity index (χ2n) is 5.13. The van der Waals surface area contributed by atoms with Crippen molar-refractivity contribution < 1.29 is 18.0 Å². The smallest absolute Gasteiger partial charge is 0.330 e. The van der Waals surface area contributed by atoms with E-state index in [4.69, 9.17) is 5.73 Å². The average Bonchev–Trinajstić information content (AvgIpc) is 2.92. The summed E-state index contributed by atoms with van der Waals surface area (Å²) in [6, 6.07) is 5.17. The predicted octanol–water partition coefficient (Wildman–Crippen LogP) is 3.71. The highest BCUT2D eigenvalue weighted by Gasteiger charge is 2.30. The largest absolute Gasteiger partial charge is 0.416 e. The molecule has 0 bridgehead atoms. The lowest BCUT2D eigenvalue weighted by molar-refractivity contribution is -0.137. The lowest BCUT2D eigenvalue weighted by Gasteiger charge is -2.08. The summed E-state index contributed by atoms with van der Waals surface area (Å²) < 4.78 is 38.1. The van der Waals surface area contributed by atoms with E-state index in [1.807, 2.05) is 0 Å². The van der Waals surface area contributed by atoms with Crippen LogP contribution in [0.25, 0.3) is 0 Å². The number of rotatable bonds is 5. The molecule has 1 aromatic heterocycles. The van der Waals surface area contributed by atoms with Crippen LogP contribution in [0.4, 0.5) is 18.3 Å². The highest BCUT2D eigenvalue weighted by atomic mass is 35.5. The van der Waals surface area contributed by atoms with E-state index in [0.717, 1.165) is 17.0 Å². The molecule has 132 valence electrons. The van der Waals surface area contributed by atoms with E-state index in [1.54, 1.807) is 19.2 Å². The Balaban J connectivity index is 0.00000288. The molecule has 2 aromatic rings. The molecule has 1 aromatic carbocycles. The van der Waals surface area contributed by atoms with E-state index >= 15 is 0 Å². The number of nitrogens with zero attached hydrogens (tertiary/aromatic N) is 1. The van der Waals surface area contributed by atoms with Crippen LogP contribution >= 0.6 is 23.7 Å². The maximum Gasteiger partial charge on any atom is 0.416 e. The molecule has 1 amide bonds. The number of nitrogens with two attached hydrogens (primary N) is 1. The van der Waals surface area contributed by atoms with Gasteiger partial charge in [-0.15, -0.1) is 23.7 Å². The third kappa shape index (κ3) is 5.47. The number of anilines is 1. The zero-order valence-electron chi connectivity index (χ0n) is 12.8. The molecule has 24 heavy (non-hydrogen) atoms. The molecule has 1 atom stereocenters. The molecule has 1 unspecified atom stereocenters. The van der Waals surface area contributed by atoms with Crippen LogP contribution in [-0.2, 0) is 17.4 Å². The van der Waals surface area contributed by atoms with Crippen LogP contribution < -0.4 is 11.1 Å². The first-order valence-corrected chi connectivity index (χ1v) is 7.73. The third-order valence-corrected chi connectivity index (χ3v) is 4.13. The highest BCUT2D eigenvalue weighted by Crippen LogP contribution is 2.30. The molecule has 1 heterocycles. The number of carbonyl (C=O) groups excluding carboxylic acids is 1. The average molecular weight is 380 g/mol. The zero-order chi connectivity index (χ0) is 17.0. The molecule has 0 spiro atoms. The van der Waals surface area contributed by atoms with Crippen molar-refractivity contribution in [1.29, 1.82) is 0 Å². The second kappa shape index (κ2) is 8.46. The van der Waals surface area contributed by atoms with Gasteiger partial charge >= 0.3 is 6.18 Å². The standard InChI is InChI=1S/C15H16F3N3OS.ClH/c1-9(7-19)13(22)21-14-20-8-12(23-14)6-10-3-2-4-11(5-10)15(16,17)18;/h2-5,8-9H,6-7,19H2,1H3,(H,20,21,22);1H. The van der Waals surface area contributed by atoms with Crippen molar-refractivity contribution in [1.82, 2.24) is 4.98 Å². The maximum absolute atomic E-state index is 12.7. The molecule has 9 heteroatoms. The van der Waals surface area contributed by atoms with Gasteiger partial charge in [-0.25, -0.2) is 4.98 Å². The monoisotopic (exact) mass is 379 g/mol. The fraction of sp³-hybridized carbons (Fsp3) is 0.333. The number of benzene rings is 1. The quantitative estimate of drug-likeness (QED) is 0.832. The van der Waals surface area contributed by atoms with Crippen LogP contribution in [0, 0.1) is 5.92 Å². The Labute approximate surface area is 147 Å². The Bertz CT molecular complexity index is 691. The van der Waals surface area contributed by atoms with Gasteiger partial charge in [0.25, 0.3) is 0 Å². The predicted molar refractivity (Wildman–Crippen MR) is 90.5 cm³/mol. The van der Waals surface area contributed by atoms with Gasteiger partial charge in [0.05, 0.1) is 5.56 Å². The summed E-state index contributed by atoms with van der Waals surface area (Å²) in [5, 5.41) is 3.06. The number of amides is 1. The van der Waals surface area contributed by atoms with Crippen molar-refractivity contribution in [3.63, 3.8) is 0 Å². The minimum atomic E-state index is -4.36. The maximum atomic E-state index is 12.7. The van der Waals surface area contributed by atoms with E-state index in [0.29, 0.717) is 17.1 Å². The third-order valence-electron chi connectivity index (χ3n) is 3.22. The Morgan fingerprint density at radius 1 is 1.42 bits per heavy atom. The number of hydrogen-bond acceptors (Lipinski definition) is 4. The number of carbonyl (C=O) groups is 1. The molecule has 0 aliphatic rings. The molecule has 0 aliphatic heterocycles. The summed E-state index contributed by atoms with van der Waals surface area (Å²) in [4.78, 5) is 16.5. The van der Waals surface area contributed by atoms with Crippen LogP contribution in [0.15, 0.2) is 30.5 Å². The van der Waals surface area contributed by atoms with Gasteiger partial charge in [0, 0.05) is 30.0 Å². The van der Waals surface area contributed by atoms with Gasteiger partial charge in [-0.05, 0) is 11.6 Å². The topological polar surface area (TPSA) is 68.0 Å². The Kier molecular flexibility index (Phi) is 7.19. The van der Waals surface area contributed by atoms with Gasteiger partial charge in [0.2, 0.25) is 5.91 Å². The summed E-state index contributed by atoms with van der Waals surface area (Å²) in [5.41, 5.74) is 5.28. The number of aromatic nitrogens is 1.